The first-order valence-electron chi connectivity index (χ1n) is 20.4. The van der Waals surface area contributed by atoms with Crippen LogP contribution in [0.3, 0.4) is 0 Å². The molecule has 3 aliphatic rings. The molecule has 0 spiro atoms. The van der Waals surface area contributed by atoms with Crippen molar-refractivity contribution < 1.29 is 16.8 Å². The first kappa shape index (κ1) is 37.1. The Bertz CT molecular complexity index is 3160. The number of hydrogen-bond donors (Lipinski definition) is 0. The first-order chi connectivity index (χ1) is 28.9. The minimum absolute atomic E-state index is 0.243. The van der Waals surface area contributed by atoms with E-state index in [1.54, 1.807) is 32.9 Å². The largest absolute Gasteiger partial charge is 0.243 e. The van der Waals surface area contributed by atoms with Crippen LogP contribution >= 0.6 is 0 Å². The third-order valence-electron chi connectivity index (χ3n) is 13.1. The number of sulfonamides is 2. The number of hydrogen-bond acceptors (Lipinski definition) is 4. The van der Waals surface area contributed by atoms with Gasteiger partial charge in [-0.2, -0.15) is 8.61 Å². The van der Waals surface area contributed by atoms with Gasteiger partial charge in [0, 0.05) is 26.2 Å². The molecular weight excluding hydrogens is 781 g/mol. The fraction of sp³-hybridized carbons (Fsp3) is 0.154. The molecule has 0 saturated heterocycles. The number of aryl methyl sites for hydroxylation is 4. The van der Waals surface area contributed by atoms with Crippen molar-refractivity contribution in [1.82, 2.24) is 8.61 Å². The molecule has 0 N–H and O–H groups in total. The molecule has 60 heavy (non-hydrogen) atoms. The van der Waals surface area contributed by atoms with Crippen molar-refractivity contribution in [1.29, 1.82) is 0 Å². The molecule has 6 nitrogen and oxygen atoms in total. The lowest BCUT2D eigenvalue weighted by atomic mass is 9.75. The molecule has 296 valence electrons. The van der Waals surface area contributed by atoms with Gasteiger partial charge in [0.15, 0.2) is 0 Å². The average molecular weight is 823 g/mol. The molecule has 8 aromatic carbocycles. The zero-order valence-corrected chi connectivity index (χ0v) is 35.5. The highest BCUT2D eigenvalue weighted by Crippen LogP contribution is 2.55. The Balaban J connectivity index is 1.21. The van der Waals surface area contributed by atoms with Gasteiger partial charge in [0.2, 0.25) is 20.0 Å². The zero-order valence-electron chi connectivity index (χ0n) is 33.9. The standard InChI is InChI=1S/C52H42N2O4S2/c1-31-13-17-39(18-14-31)59(55,56)53-27-47-33(3)21-43-41-23-35-9-6-8-12-38(35)26-46(41)52-44(42-24-36-10-5-7-11-37(36)25-45(42)51(43)49(47)29-53)22-34(4)48-28-54(30-50(48)52)60(57,58)40-19-15-32(2)16-20-40/h5-26H,27-30H2,1-4H3. The van der Waals surface area contributed by atoms with Crippen LogP contribution in [0.1, 0.15) is 44.5 Å². The van der Waals surface area contributed by atoms with E-state index in [9.17, 15) is 16.8 Å². The van der Waals surface area contributed by atoms with E-state index < -0.39 is 20.0 Å². The van der Waals surface area contributed by atoms with E-state index in [-0.39, 0.29) is 26.2 Å². The van der Waals surface area contributed by atoms with E-state index in [2.05, 4.69) is 98.8 Å². The van der Waals surface area contributed by atoms with Crippen molar-refractivity contribution in [3.05, 3.63) is 178 Å². The molecular formula is C52H42N2O4S2. The molecule has 0 bridgehead atoms. The minimum atomic E-state index is -3.81. The van der Waals surface area contributed by atoms with Crippen LogP contribution in [0.15, 0.2) is 143 Å². The molecule has 11 rings (SSSR count). The van der Waals surface area contributed by atoms with Gasteiger partial charge in [-0.05, 0) is 176 Å². The molecule has 2 aliphatic heterocycles. The summed E-state index contributed by atoms with van der Waals surface area (Å²) in [5.41, 5.74) is 16.5. The highest BCUT2D eigenvalue weighted by Gasteiger charge is 2.39. The molecule has 0 fully saturated rings. The van der Waals surface area contributed by atoms with Crippen molar-refractivity contribution in [3.63, 3.8) is 0 Å². The highest BCUT2D eigenvalue weighted by molar-refractivity contribution is 7.89. The van der Waals surface area contributed by atoms with Gasteiger partial charge in [-0.15, -0.1) is 0 Å². The van der Waals surface area contributed by atoms with E-state index in [1.165, 1.54) is 0 Å². The molecule has 0 aromatic heterocycles. The van der Waals surface area contributed by atoms with Crippen LogP contribution in [-0.2, 0) is 46.2 Å². The zero-order chi connectivity index (χ0) is 41.2. The van der Waals surface area contributed by atoms with Crippen molar-refractivity contribution in [2.75, 3.05) is 0 Å². The van der Waals surface area contributed by atoms with Gasteiger partial charge in [-0.25, -0.2) is 16.8 Å². The fourth-order valence-corrected chi connectivity index (χ4v) is 12.7. The second-order valence-corrected chi connectivity index (χ2v) is 20.7. The SMILES string of the molecule is Cc1ccc(S(=O)(=O)N2Cc3c(C)cc4c(c3C2)-c2cc3ccccc3cc2-c2cc(C)c3c(c2-c2cc5ccccc5cc2-4)CN(S(=O)(=O)c2ccc(C)cc2)C3)cc1. The summed E-state index contributed by atoms with van der Waals surface area (Å²) in [6.45, 7) is 9.18. The van der Waals surface area contributed by atoms with Crippen LogP contribution in [-0.4, -0.2) is 25.4 Å². The van der Waals surface area contributed by atoms with E-state index in [4.69, 9.17) is 0 Å². The molecule has 1 aliphatic carbocycles. The molecule has 8 heteroatoms. The molecule has 0 unspecified atom stereocenters. The molecule has 8 aromatic rings. The number of nitrogens with zero attached hydrogens (tertiary/aromatic N) is 2. The minimum Gasteiger partial charge on any atom is -0.207 e. The van der Waals surface area contributed by atoms with E-state index >= 15 is 0 Å². The Morgan fingerprint density at radius 1 is 0.367 bits per heavy atom. The molecule has 0 radical (unpaired) electrons. The lowest BCUT2D eigenvalue weighted by Gasteiger charge is -2.28. The maximum atomic E-state index is 14.4. The van der Waals surface area contributed by atoms with E-state index in [0.29, 0.717) is 9.79 Å². The van der Waals surface area contributed by atoms with Crippen LogP contribution in [0.2, 0.25) is 0 Å². The summed E-state index contributed by atoms with van der Waals surface area (Å²) >= 11 is 0. The van der Waals surface area contributed by atoms with Gasteiger partial charge < -0.3 is 0 Å². The van der Waals surface area contributed by atoms with Crippen molar-refractivity contribution >= 4 is 41.6 Å². The third-order valence-corrected chi connectivity index (χ3v) is 16.7. The maximum Gasteiger partial charge on any atom is 0.243 e. The van der Waals surface area contributed by atoms with Crippen LogP contribution in [0.4, 0.5) is 0 Å². The summed E-state index contributed by atoms with van der Waals surface area (Å²) in [6.07, 6.45) is 0. The van der Waals surface area contributed by atoms with Gasteiger partial charge in [-0.1, -0.05) is 96.1 Å². The predicted octanol–water partition coefficient (Wildman–Crippen LogP) is 11.6. The number of rotatable bonds is 4. The van der Waals surface area contributed by atoms with Crippen molar-refractivity contribution in [2.24, 2.45) is 0 Å². The fourth-order valence-electron chi connectivity index (χ4n) is 9.90. The second-order valence-electron chi connectivity index (χ2n) is 16.8. The average Bonchev–Trinajstić information content (AvgIpc) is 3.91. The summed E-state index contributed by atoms with van der Waals surface area (Å²) in [4.78, 5) is 0.586. The molecule has 0 atom stereocenters. The van der Waals surface area contributed by atoms with Crippen LogP contribution in [0.5, 0.6) is 0 Å². The van der Waals surface area contributed by atoms with Crippen LogP contribution < -0.4 is 0 Å². The van der Waals surface area contributed by atoms with Crippen LogP contribution in [0.25, 0.3) is 66.1 Å². The number of fused-ring (bicyclic) bond motifs is 14. The maximum absolute atomic E-state index is 14.4. The Morgan fingerprint density at radius 3 is 1.03 bits per heavy atom. The van der Waals surface area contributed by atoms with Crippen molar-refractivity contribution in [2.45, 2.75) is 63.7 Å². The normalized spacial score (nSPS) is 14.9. The quantitative estimate of drug-likeness (QED) is 0.177. The smallest absolute Gasteiger partial charge is 0.207 e. The van der Waals surface area contributed by atoms with Gasteiger partial charge in [0.25, 0.3) is 0 Å². The first-order valence-corrected chi connectivity index (χ1v) is 23.3. The second kappa shape index (κ2) is 13.3. The summed E-state index contributed by atoms with van der Waals surface area (Å²) in [6, 6.07) is 44.7. The van der Waals surface area contributed by atoms with Crippen molar-refractivity contribution in [3.8, 4) is 44.5 Å². The third kappa shape index (κ3) is 5.58. The van der Waals surface area contributed by atoms with Gasteiger partial charge in [-0.3, -0.25) is 0 Å². The predicted molar refractivity (Wildman–Crippen MR) is 241 cm³/mol. The summed E-state index contributed by atoms with van der Waals surface area (Å²) in [5, 5.41) is 4.37. The van der Waals surface area contributed by atoms with Gasteiger partial charge >= 0.3 is 0 Å². The lowest BCUT2D eigenvalue weighted by molar-refractivity contribution is 0.431. The summed E-state index contributed by atoms with van der Waals surface area (Å²) < 4.78 is 60.8. The monoisotopic (exact) mass is 822 g/mol. The summed E-state index contributed by atoms with van der Waals surface area (Å²) in [5.74, 6) is 0. The van der Waals surface area contributed by atoms with Crippen LogP contribution in [0, 0.1) is 27.7 Å². The van der Waals surface area contributed by atoms with Gasteiger partial charge in [0.1, 0.15) is 0 Å². The Kier molecular flexibility index (Phi) is 8.23. The lowest BCUT2D eigenvalue weighted by Crippen LogP contribution is -2.25. The highest BCUT2D eigenvalue weighted by atomic mass is 32.2. The van der Waals surface area contributed by atoms with Gasteiger partial charge in [0.05, 0.1) is 9.79 Å². The molecule has 0 saturated carbocycles. The Morgan fingerprint density at radius 2 is 0.683 bits per heavy atom. The topological polar surface area (TPSA) is 74.8 Å². The Labute approximate surface area is 351 Å². The van der Waals surface area contributed by atoms with E-state index in [1.807, 2.05) is 38.1 Å². The van der Waals surface area contributed by atoms with E-state index in [0.717, 1.165) is 111 Å². The molecule has 0 amide bonds. The Hall–Kier alpha value is -5.90. The number of benzene rings is 8. The summed E-state index contributed by atoms with van der Waals surface area (Å²) in [7, 11) is -7.61. The molecule has 2 heterocycles.